The van der Waals surface area contributed by atoms with Crippen molar-refractivity contribution in [1.29, 1.82) is 0 Å². The average Bonchev–Trinajstić information content (AvgIpc) is 3.37. The van der Waals surface area contributed by atoms with Gasteiger partial charge in [-0.05, 0) is 96.3 Å². The first-order valence-corrected chi connectivity index (χ1v) is 29.0. The molecule has 0 aliphatic carbocycles. The minimum Gasteiger partial charge on any atom is -0.462 e. The van der Waals surface area contributed by atoms with Gasteiger partial charge in [-0.25, -0.2) is 0 Å². The minimum absolute atomic E-state index is 0.131. The van der Waals surface area contributed by atoms with Crippen LogP contribution in [0.2, 0.25) is 0 Å². The summed E-state index contributed by atoms with van der Waals surface area (Å²) in [5, 5.41) is 0. The molecule has 71 heavy (non-hydrogen) atoms. The van der Waals surface area contributed by atoms with Crippen molar-refractivity contribution < 1.29 is 28.6 Å². The summed E-state index contributed by atoms with van der Waals surface area (Å²) in [6.07, 6.45) is 80.6. The van der Waals surface area contributed by atoms with E-state index in [0.717, 1.165) is 83.5 Å². The highest BCUT2D eigenvalue weighted by Gasteiger charge is 2.19. The number of carbonyl (C=O) groups excluding carboxylic acids is 3. The third-order valence-corrected chi connectivity index (χ3v) is 12.0. The zero-order chi connectivity index (χ0) is 51.4. The van der Waals surface area contributed by atoms with E-state index in [2.05, 4.69) is 130 Å². The number of carbonyl (C=O) groups is 3. The molecule has 0 saturated carbocycles. The Morgan fingerprint density at radius 1 is 0.296 bits per heavy atom. The molecule has 0 aromatic heterocycles. The molecule has 0 aromatic carbocycles. The molecule has 0 N–H and O–H groups in total. The monoisotopic (exact) mass is 983 g/mol. The molecule has 0 bridgehead atoms. The second-order valence-electron chi connectivity index (χ2n) is 18.8. The summed E-state index contributed by atoms with van der Waals surface area (Å²) < 4.78 is 16.8. The SMILES string of the molecule is CC/C=C\C/C=C\C/C=C\C/C=C\C/C=C\C/C=C\CCC(=O)OC[C@H](COC(=O)CCC/C=C\C/C=C\C/C=C\C/C=C\CCCCC)OC(=O)CCCCCCCCCCCCCCCCCCC. The number of allylic oxidation sites excluding steroid dienone is 20. The van der Waals surface area contributed by atoms with Crippen molar-refractivity contribution in [2.45, 2.75) is 258 Å². The lowest BCUT2D eigenvalue weighted by Crippen LogP contribution is -2.30. The molecule has 0 rings (SSSR count). The van der Waals surface area contributed by atoms with Crippen LogP contribution in [-0.4, -0.2) is 37.2 Å². The van der Waals surface area contributed by atoms with Crippen LogP contribution in [0.5, 0.6) is 0 Å². The molecule has 0 aromatic rings. The minimum atomic E-state index is -0.833. The molecule has 0 unspecified atom stereocenters. The van der Waals surface area contributed by atoms with Crippen molar-refractivity contribution in [2.24, 2.45) is 0 Å². The van der Waals surface area contributed by atoms with Crippen LogP contribution in [0, 0.1) is 0 Å². The van der Waals surface area contributed by atoms with Crippen LogP contribution in [0.25, 0.3) is 0 Å². The second kappa shape index (κ2) is 58.4. The third-order valence-electron chi connectivity index (χ3n) is 12.0. The van der Waals surface area contributed by atoms with Crippen LogP contribution in [-0.2, 0) is 28.6 Å². The molecular weight excluding hydrogens is 877 g/mol. The summed E-state index contributed by atoms with van der Waals surface area (Å²) in [7, 11) is 0. The molecule has 0 aliphatic rings. The Kier molecular flexibility index (Phi) is 54.9. The van der Waals surface area contributed by atoms with Gasteiger partial charge in [0.1, 0.15) is 13.2 Å². The van der Waals surface area contributed by atoms with E-state index in [1.807, 2.05) is 12.2 Å². The molecule has 0 heterocycles. The first kappa shape index (κ1) is 66.8. The zero-order valence-corrected chi connectivity index (χ0v) is 45.9. The first-order valence-electron chi connectivity index (χ1n) is 29.0. The summed E-state index contributed by atoms with van der Waals surface area (Å²) in [6, 6.07) is 0. The summed E-state index contributed by atoms with van der Waals surface area (Å²) >= 11 is 0. The van der Waals surface area contributed by atoms with E-state index in [-0.39, 0.29) is 44.0 Å². The van der Waals surface area contributed by atoms with Gasteiger partial charge in [-0.1, -0.05) is 258 Å². The smallest absolute Gasteiger partial charge is 0.306 e. The molecule has 6 heteroatoms. The number of rotatable bonds is 51. The molecule has 402 valence electrons. The molecule has 6 nitrogen and oxygen atoms in total. The lowest BCUT2D eigenvalue weighted by atomic mass is 10.0. The van der Waals surface area contributed by atoms with Gasteiger partial charge in [0.15, 0.2) is 6.10 Å². The van der Waals surface area contributed by atoms with Crippen molar-refractivity contribution >= 4 is 17.9 Å². The average molecular weight is 984 g/mol. The fourth-order valence-corrected chi connectivity index (χ4v) is 7.64. The van der Waals surface area contributed by atoms with Crippen LogP contribution >= 0.6 is 0 Å². The largest absolute Gasteiger partial charge is 0.462 e. The van der Waals surface area contributed by atoms with Crippen LogP contribution in [0.3, 0.4) is 0 Å². The molecular formula is C65H106O6. The van der Waals surface area contributed by atoms with E-state index in [9.17, 15) is 14.4 Å². The lowest BCUT2D eigenvalue weighted by molar-refractivity contribution is -0.166. The highest BCUT2D eigenvalue weighted by Crippen LogP contribution is 2.15. The van der Waals surface area contributed by atoms with Gasteiger partial charge in [0.05, 0.1) is 0 Å². The van der Waals surface area contributed by atoms with Crippen LogP contribution in [0.1, 0.15) is 252 Å². The predicted molar refractivity (Wildman–Crippen MR) is 306 cm³/mol. The van der Waals surface area contributed by atoms with Gasteiger partial charge in [-0.15, -0.1) is 0 Å². The molecule has 1 atom stereocenters. The van der Waals surface area contributed by atoms with Crippen molar-refractivity contribution in [1.82, 2.24) is 0 Å². The highest BCUT2D eigenvalue weighted by atomic mass is 16.6. The van der Waals surface area contributed by atoms with Crippen molar-refractivity contribution in [3.63, 3.8) is 0 Å². The fourth-order valence-electron chi connectivity index (χ4n) is 7.64. The number of hydrogen-bond acceptors (Lipinski definition) is 6. The maximum absolute atomic E-state index is 12.9. The zero-order valence-electron chi connectivity index (χ0n) is 45.9. The molecule has 0 saturated heterocycles. The molecule has 0 radical (unpaired) electrons. The highest BCUT2D eigenvalue weighted by molar-refractivity contribution is 5.71. The predicted octanol–water partition coefficient (Wildman–Crippen LogP) is 19.6. The van der Waals surface area contributed by atoms with Crippen molar-refractivity contribution in [2.75, 3.05) is 13.2 Å². The van der Waals surface area contributed by atoms with Crippen LogP contribution in [0.15, 0.2) is 122 Å². The van der Waals surface area contributed by atoms with Crippen molar-refractivity contribution in [3.05, 3.63) is 122 Å². The van der Waals surface area contributed by atoms with E-state index < -0.39 is 6.10 Å². The number of esters is 3. The second-order valence-corrected chi connectivity index (χ2v) is 18.8. The van der Waals surface area contributed by atoms with Gasteiger partial charge in [-0.2, -0.15) is 0 Å². The van der Waals surface area contributed by atoms with Crippen LogP contribution in [0.4, 0.5) is 0 Å². The number of hydrogen-bond donors (Lipinski definition) is 0. The third kappa shape index (κ3) is 56.6. The Labute approximate surface area is 437 Å². The maximum Gasteiger partial charge on any atom is 0.306 e. The number of unbranched alkanes of at least 4 members (excludes halogenated alkanes) is 20. The van der Waals surface area contributed by atoms with Gasteiger partial charge >= 0.3 is 17.9 Å². The van der Waals surface area contributed by atoms with E-state index in [0.29, 0.717) is 19.3 Å². The van der Waals surface area contributed by atoms with E-state index in [1.54, 1.807) is 0 Å². The summed E-state index contributed by atoms with van der Waals surface area (Å²) in [5.74, 6) is -1.07. The molecule has 0 aliphatic heterocycles. The first-order chi connectivity index (χ1) is 35.0. The summed E-state index contributed by atoms with van der Waals surface area (Å²) in [6.45, 7) is 6.39. The van der Waals surface area contributed by atoms with E-state index in [1.165, 1.54) is 116 Å². The summed E-state index contributed by atoms with van der Waals surface area (Å²) in [4.78, 5) is 38.1. The molecule has 0 amide bonds. The Bertz CT molecular complexity index is 1500. The molecule has 0 fully saturated rings. The van der Waals surface area contributed by atoms with Gasteiger partial charge < -0.3 is 14.2 Å². The Balaban J connectivity index is 4.58. The van der Waals surface area contributed by atoms with Gasteiger partial charge in [0.25, 0.3) is 0 Å². The van der Waals surface area contributed by atoms with Crippen LogP contribution < -0.4 is 0 Å². The van der Waals surface area contributed by atoms with E-state index >= 15 is 0 Å². The van der Waals surface area contributed by atoms with Crippen molar-refractivity contribution in [3.8, 4) is 0 Å². The Morgan fingerprint density at radius 2 is 0.592 bits per heavy atom. The van der Waals surface area contributed by atoms with Gasteiger partial charge in [0.2, 0.25) is 0 Å². The topological polar surface area (TPSA) is 78.9 Å². The fraction of sp³-hybridized carbons (Fsp3) is 0.646. The summed E-state index contributed by atoms with van der Waals surface area (Å²) in [5.41, 5.74) is 0. The van der Waals surface area contributed by atoms with Gasteiger partial charge in [-0.3, -0.25) is 14.4 Å². The normalized spacial score (nSPS) is 13.0. The standard InChI is InChI=1S/C65H106O6/c1-4-7-10-13-16-19-22-25-28-31-32-35-37-40-43-46-49-52-55-58-64(67)70-61-62(71-65(68)59-56-53-50-47-44-41-38-34-30-27-24-21-18-15-12-9-6-3)60-69-63(66)57-54-51-48-45-42-39-36-33-29-26-23-20-17-14-11-8-5-2/h7,10,16-17,19-20,25-26,28-29,32,35-36,39-40,43,45,48-49,52,62H,4-6,8-9,11-15,18,21-24,27,30-31,33-34,37-38,41-42,44,46-47,50-51,53-61H2,1-3H3/b10-7-,19-16-,20-17-,28-25-,29-26-,35-32-,39-36-,43-40-,48-45-,52-49-/t62-/m0/s1. The number of ether oxygens (including phenoxy) is 3. The van der Waals surface area contributed by atoms with E-state index in [4.69, 9.17) is 14.2 Å². The van der Waals surface area contributed by atoms with Gasteiger partial charge in [0, 0.05) is 19.3 Å². The Hall–Kier alpha value is -4.19. The maximum atomic E-state index is 12.9. The molecule has 0 spiro atoms. The Morgan fingerprint density at radius 3 is 0.986 bits per heavy atom. The lowest BCUT2D eigenvalue weighted by Gasteiger charge is -2.18. The quantitative estimate of drug-likeness (QED) is 0.0261.